The van der Waals surface area contributed by atoms with E-state index < -0.39 is 6.04 Å². The molecule has 38 valence electrons. The molecule has 0 radical (unpaired) electrons. The van der Waals surface area contributed by atoms with E-state index in [-0.39, 0.29) is 6.42 Å². The summed E-state index contributed by atoms with van der Waals surface area (Å²) in [6.45, 7) is 1.33. The van der Waals surface area contributed by atoms with Crippen molar-refractivity contribution in [1.29, 1.82) is 0 Å². The molecule has 2 N–H and O–H groups in total. The molecule has 6 heavy (non-hydrogen) atoms. The molecule has 0 unspecified atom stereocenters. The van der Waals surface area contributed by atoms with Crippen LogP contribution in [0.5, 0.6) is 0 Å². The summed E-state index contributed by atoms with van der Waals surface area (Å²) in [6, 6.07) is -2.96. The summed E-state index contributed by atoms with van der Waals surface area (Å²) in [4.78, 5) is 0. The second kappa shape index (κ2) is 1.53. The molecular weight excluding hydrogens is 87.0 g/mol. The van der Waals surface area contributed by atoms with Gasteiger partial charge in [-0.15, -0.1) is 0 Å². The lowest BCUT2D eigenvalue weighted by molar-refractivity contribution is -0.259. The molecule has 0 spiro atoms. The minimum Gasteiger partial charge on any atom is -0.340 e. The van der Waals surface area contributed by atoms with Crippen LogP contribution in [0.4, 0.5) is 4.39 Å². The zero-order valence-electron chi connectivity index (χ0n) is 3.48. The Kier molecular flexibility index (Phi) is 1.49. The van der Waals surface area contributed by atoms with Gasteiger partial charge >= 0.3 is 6.04 Å². The van der Waals surface area contributed by atoms with Gasteiger partial charge in [-0.2, -0.15) is 4.39 Å². The van der Waals surface area contributed by atoms with Gasteiger partial charge in [0.1, 0.15) is 0 Å². The minimum atomic E-state index is -2.96. The van der Waals surface area contributed by atoms with Gasteiger partial charge in [-0.3, -0.25) is 0 Å². The fourth-order valence-electron chi connectivity index (χ4n) is 0. The summed E-state index contributed by atoms with van der Waals surface area (Å²) in [5.74, 6) is 0. The van der Waals surface area contributed by atoms with E-state index in [9.17, 15) is 4.39 Å². The van der Waals surface area contributed by atoms with Gasteiger partial charge in [0.15, 0.2) is 0 Å². The van der Waals surface area contributed by atoms with Gasteiger partial charge < -0.3 is 10.2 Å². The lowest BCUT2D eigenvalue weighted by Gasteiger charge is -2.04. The lowest BCUT2D eigenvalue weighted by Crippen LogP contribution is -2.18. The van der Waals surface area contributed by atoms with Crippen molar-refractivity contribution < 1.29 is 14.6 Å². The van der Waals surface area contributed by atoms with Crippen LogP contribution in [0.15, 0.2) is 0 Å². The fourth-order valence-corrected chi connectivity index (χ4v) is 0. The molecule has 0 saturated carbocycles. The predicted octanol–water partition coefficient (Wildman–Crippen LogP) is 0.00430. The first-order valence-corrected chi connectivity index (χ1v) is 1.70. The summed E-state index contributed by atoms with van der Waals surface area (Å²) < 4.78 is 11.2. The maximum atomic E-state index is 11.2. The molecule has 0 amide bonds. The maximum absolute atomic E-state index is 11.2. The van der Waals surface area contributed by atoms with Crippen LogP contribution in [-0.4, -0.2) is 16.3 Å². The monoisotopic (exact) mass is 94.0 g/mol. The Morgan fingerprint density at radius 3 is 1.83 bits per heavy atom. The Hall–Kier alpha value is -0.150. The van der Waals surface area contributed by atoms with Crippen molar-refractivity contribution in [3.05, 3.63) is 0 Å². The molecule has 2 nitrogen and oxygen atoms in total. The van der Waals surface area contributed by atoms with Crippen molar-refractivity contribution in [2.75, 3.05) is 0 Å². The molecule has 0 aromatic carbocycles. The first-order chi connectivity index (χ1) is 2.56. The summed E-state index contributed by atoms with van der Waals surface area (Å²) in [5.41, 5.74) is 0. The van der Waals surface area contributed by atoms with E-state index in [1.807, 2.05) is 0 Å². The van der Waals surface area contributed by atoms with E-state index >= 15 is 0 Å². The highest BCUT2D eigenvalue weighted by Crippen LogP contribution is 2.03. The third-order valence-electron chi connectivity index (χ3n) is 0.450. The number of hydrogen-bond acceptors (Lipinski definition) is 2. The molecule has 0 aliphatic carbocycles. The molecule has 0 aliphatic heterocycles. The Morgan fingerprint density at radius 2 is 1.83 bits per heavy atom. The van der Waals surface area contributed by atoms with Crippen LogP contribution in [0.25, 0.3) is 0 Å². The molecule has 0 heterocycles. The zero-order valence-corrected chi connectivity index (χ0v) is 3.48. The second-order valence-electron chi connectivity index (χ2n) is 1.07. The van der Waals surface area contributed by atoms with Crippen molar-refractivity contribution in [3.8, 4) is 0 Å². The third kappa shape index (κ3) is 3.85. The van der Waals surface area contributed by atoms with Crippen molar-refractivity contribution in [1.82, 2.24) is 0 Å². The standard InChI is InChI=1S/C3H7FO2/c1-2-3(4,5)6/h5-6H,2H2,1H3. The largest absolute Gasteiger partial charge is 0.340 e. The van der Waals surface area contributed by atoms with Crippen molar-refractivity contribution in [2.24, 2.45) is 0 Å². The minimum absolute atomic E-state index is 0.285. The molecule has 0 bridgehead atoms. The van der Waals surface area contributed by atoms with Crippen molar-refractivity contribution in [3.63, 3.8) is 0 Å². The van der Waals surface area contributed by atoms with Crippen molar-refractivity contribution in [2.45, 2.75) is 19.4 Å². The molecule has 3 heteroatoms. The summed E-state index contributed by atoms with van der Waals surface area (Å²) in [5, 5.41) is 15.4. The van der Waals surface area contributed by atoms with Gasteiger partial charge in [0.05, 0.1) is 0 Å². The van der Waals surface area contributed by atoms with E-state index in [2.05, 4.69) is 0 Å². The first-order valence-electron chi connectivity index (χ1n) is 1.70. The van der Waals surface area contributed by atoms with E-state index in [1.54, 1.807) is 0 Å². The summed E-state index contributed by atoms with van der Waals surface area (Å²) in [6.07, 6.45) is -0.285. The number of aliphatic hydroxyl groups is 2. The van der Waals surface area contributed by atoms with Crippen LogP contribution in [0.1, 0.15) is 13.3 Å². The van der Waals surface area contributed by atoms with Gasteiger partial charge in [-0.25, -0.2) is 0 Å². The number of hydrogen-bond donors (Lipinski definition) is 2. The normalized spacial score (nSPS) is 12.0. The highest BCUT2D eigenvalue weighted by Gasteiger charge is 2.15. The summed E-state index contributed by atoms with van der Waals surface area (Å²) >= 11 is 0. The second-order valence-corrected chi connectivity index (χ2v) is 1.07. The highest BCUT2D eigenvalue weighted by atomic mass is 19.2. The van der Waals surface area contributed by atoms with E-state index in [0.717, 1.165) is 0 Å². The molecule has 0 atom stereocenters. The van der Waals surface area contributed by atoms with Gasteiger partial charge in [-0.1, -0.05) is 6.92 Å². The van der Waals surface area contributed by atoms with Crippen LogP contribution in [-0.2, 0) is 0 Å². The first kappa shape index (κ1) is 5.85. The zero-order chi connectivity index (χ0) is 5.21. The topological polar surface area (TPSA) is 40.5 Å². The molecule has 0 aromatic rings. The predicted molar refractivity (Wildman–Crippen MR) is 18.6 cm³/mol. The van der Waals surface area contributed by atoms with Crippen molar-refractivity contribution >= 4 is 0 Å². The molecule has 0 aromatic heterocycles. The van der Waals surface area contributed by atoms with Gasteiger partial charge in [-0.05, 0) is 0 Å². The fraction of sp³-hybridized carbons (Fsp3) is 1.00. The highest BCUT2D eigenvalue weighted by molar-refractivity contribution is 4.36. The van der Waals surface area contributed by atoms with Gasteiger partial charge in [0.2, 0.25) is 0 Å². The number of alkyl halides is 1. The average Bonchev–Trinajstić information content (AvgIpc) is 1.35. The van der Waals surface area contributed by atoms with Crippen LogP contribution in [0.3, 0.4) is 0 Å². The Morgan fingerprint density at radius 1 is 1.67 bits per heavy atom. The Bertz CT molecular complexity index is 38.5. The molecule has 0 aliphatic rings. The number of halogens is 1. The van der Waals surface area contributed by atoms with Crippen LogP contribution >= 0.6 is 0 Å². The SMILES string of the molecule is CCC(O)(O)F. The summed E-state index contributed by atoms with van der Waals surface area (Å²) in [7, 11) is 0. The number of rotatable bonds is 1. The van der Waals surface area contributed by atoms with Gasteiger partial charge in [0, 0.05) is 6.42 Å². The van der Waals surface area contributed by atoms with Crippen LogP contribution < -0.4 is 0 Å². The van der Waals surface area contributed by atoms with E-state index in [1.165, 1.54) is 6.92 Å². The lowest BCUT2D eigenvalue weighted by atomic mass is 10.4. The molecule has 0 rings (SSSR count). The Labute approximate surface area is 35.2 Å². The molecular formula is C3H7FO2. The van der Waals surface area contributed by atoms with E-state index in [4.69, 9.17) is 10.2 Å². The van der Waals surface area contributed by atoms with E-state index in [0.29, 0.717) is 0 Å². The van der Waals surface area contributed by atoms with Crippen LogP contribution in [0, 0.1) is 0 Å². The Balaban J connectivity index is 3.17. The van der Waals surface area contributed by atoms with Gasteiger partial charge in [0.25, 0.3) is 0 Å². The molecule has 0 saturated heterocycles. The quantitative estimate of drug-likeness (QED) is 0.449. The average molecular weight is 94.1 g/mol. The van der Waals surface area contributed by atoms with Crippen LogP contribution in [0.2, 0.25) is 0 Å². The molecule has 0 fully saturated rings. The smallest absolute Gasteiger partial charge is 0.315 e. The third-order valence-corrected chi connectivity index (χ3v) is 0.450. The maximum Gasteiger partial charge on any atom is 0.315 e.